The first-order valence-corrected chi connectivity index (χ1v) is 9.12. The number of phenols is 1. The van der Waals surface area contributed by atoms with Crippen LogP contribution in [0.15, 0.2) is 18.2 Å². The molecule has 0 aliphatic heterocycles. The lowest BCUT2D eigenvalue weighted by molar-refractivity contribution is 0.471. The van der Waals surface area contributed by atoms with E-state index in [1.807, 2.05) is 0 Å². The highest BCUT2D eigenvalue weighted by Gasteiger charge is 2.23. The summed E-state index contributed by atoms with van der Waals surface area (Å²) in [7, 11) is 0. The Hall–Kier alpha value is -1.76. The van der Waals surface area contributed by atoms with Crippen LogP contribution in [0.5, 0.6) is 5.75 Å². The number of aromatic hydroxyl groups is 1. The summed E-state index contributed by atoms with van der Waals surface area (Å²) in [5.41, 5.74) is 10.7. The minimum Gasteiger partial charge on any atom is -0.507 e. The maximum absolute atomic E-state index is 10.9. The molecule has 2 aromatic carbocycles. The third-order valence-corrected chi connectivity index (χ3v) is 5.69. The molecule has 0 aromatic heterocycles. The second-order valence-corrected chi connectivity index (χ2v) is 7.42. The van der Waals surface area contributed by atoms with Crippen molar-refractivity contribution in [1.29, 1.82) is 0 Å². The summed E-state index contributed by atoms with van der Waals surface area (Å²) in [6.07, 6.45) is 9.73. The van der Waals surface area contributed by atoms with E-state index in [2.05, 4.69) is 32.0 Å². The van der Waals surface area contributed by atoms with Gasteiger partial charge in [-0.3, -0.25) is 0 Å². The molecule has 0 bridgehead atoms. The Bertz CT molecular complexity index is 770. The van der Waals surface area contributed by atoms with E-state index < -0.39 is 0 Å². The molecule has 0 heterocycles. The largest absolute Gasteiger partial charge is 0.507 e. The van der Waals surface area contributed by atoms with E-state index in [0.29, 0.717) is 5.75 Å². The predicted molar refractivity (Wildman–Crippen MR) is 96.3 cm³/mol. The van der Waals surface area contributed by atoms with Gasteiger partial charge < -0.3 is 5.11 Å². The standard InChI is InChI=1S/C22H26O/c1-14-11-16-7-3-5-9-18(16)20(12-14)21-19-10-6-4-8-17(19)13-15(2)22(21)23/h11-13,23H,3-10H2,1-2H3. The number of benzene rings is 2. The van der Waals surface area contributed by atoms with Gasteiger partial charge in [0.2, 0.25) is 0 Å². The third kappa shape index (κ3) is 2.47. The summed E-state index contributed by atoms with van der Waals surface area (Å²) >= 11 is 0. The minimum absolute atomic E-state index is 0.518. The molecule has 1 heteroatoms. The van der Waals surface area contributed by atoms with E-state index in [9.17, 15) is 5.11 Å². The van der Waals surface area contributed by atoms with E-state index in [4.69, 9.17) is 0 Å². The molecule has 0 atom stereocenters. The maximum atomic E-state index is 10.9. The van der Waals surface area contributed by atoms with Gasteiger partial charge in [-0.15, -0.1) is 0 Å². The molecule has 120 valence electrons. The molecule has 0 unspecified atom stereocenters. The molecule has 0 saturated carbocycles. The van der Waals surface area contributed by atoms with Crippen molar-refractivity contribution >= 4 is 0 Å². The van der Waals surface area contributed by atoms with Gasteiger partial charge in [0.1, 0.15) is 5.75 Å². The molecule has 2 aliphatic rings. The molecule has 23 heavy (non-hydrogen) atoms. The van der Waals surface area contributed by atoms with Gasteiger partial charge in [0.25, 0.3) is 0 Å². The molecule has 0 spiro atoms. The predicted octanol–water partition coefficient (Wildman–Crippen LogP) is 5.43. The van der Waals surface area contributed by atoms with Crippen LogP contribution < -0.4 is 0 Å². The molecule has 4 rings (SSSR count). The van der Waals surface area contributed by atoms with Crippen molar-refractivity contribution in [3.05, 3.63) is 51.6 Å². The van der Waals surface area contributed by atoms with Crippen LogP contribution in [0.2, 0.25) is 0 Å². The molecular formula is C22H26O. The van der Waals surface area contributed by atoms with E-state index in [1.54, 1.807) is 0 Å². The lowest BCUT2D eigenvalue weighted by Gasteiger charge is -2.26. The summed E-state index contributed by atoms with van der Waals surface area (Å²) in [5.74, 6) is 0.518. The van der Waals surface area contributed by atoms with Crippen LogP contribution in [-0.2, 0) is 25.7 Å². The normalized spacial score (nSPS) is 16.8. The summed E-state index contributed by atoms with van der Waals surface area (Å²) in [6, 6.07) is 6.89. The first-order chi connectivity index (χ1) is 11.1. The average Bonchev–Trinajstić information content (AvgIpc) is 2.55. The zero-order valence-electron chi connectivity index (χ0n) is 14.3. The summed E-state index contributed by atoms with van der Waals surface area (Å²) in [5, 5.41) is 10.9. The van der Waals surface area contributed by atoms with Crippen molar-refractivity contribution < 1.29 is 5.11 Å². The van der Waals surface area contributed by atoms with Gasteiger partial charge in [0, 0.05) is 5.56 Å². The van der Waals surface area contributed by atoms with Crippen molar-refractivity contribution in [2.75, 3.05) is 0 Å². The SMILES string of the molecule is Cc1cc2c(c(-c3c(O)c(C)cc4c3CCCC4)c1)CCCC2. The van der Waals surface area contributed by atoms with Gasteiger partial charge in [0.05, 0.1) is 0 Å². The zero-order valence-corrected chi connectivity index (χ0v) is 14.3. The molecule has 1 nitrogen and oxygen atoms in total. The smallest absolute Gasteiger partial charge is 0.126 e. The van der Waals surface area contributed by atoms with Crippen molar-refractivity contribution in [2.45, 2.75) is 65.2 Å². The van der Waals surface area contributed by atoms with Gasteiger partial charge in [-0.1, -0.05) is 23.8 Å². The number of hydrogen-bond donors (Lipinski definition) is 1. The molecule has 2 aromatic rings. The Kier molecular flexibility index (Phi) is 3.67. The van der Waals surface area contributed by atoms with Crippen molar-refractivity contribution in [1.82, 2.24) is 0 Å². The van der Waals surface area contributed by atoms with Crippen molar-refractivity contribution in [3.8, 4) is 16.9 Å². The molecule has 0 fully saturated rings. The second kappa shape index (κ2) is 5.70. The zero-order chi connectivity index (χ0) is 16.0. The first kappa shape index (κ1) is 14.8. The van der Waals surface area contributed by atoms with Gasteiger partial charge in [0.15, 0.2) is 0 Å². The Labute approximate surface area is 139 Å². The van der Waals surface area contributed by atoms with E-state index in [-0.39, 0.29) is 0 Å². The van der Waals surface area contributed by atoms with Crippen LogP contribution in [0.4, 0.5) is 0 Å². The van der Waals surface area contributed by atoms with Gasteiger partial charge in [-0.25, -0.2) is 0 Å². The summed E-state index contributed by atoms with van der Waals surface area (Å²) in [4.78, 5) is 0. The topological polar surface area (TPSA) is 20.2 Å². The molecule has 1 N–H and O–H groups in total. The number of fused-ring (bicyclic) bond motifs is 2. The third-order valence-electron chi connectivity index (χ3n) is 5.69. The van der Waals surface area contributed by atoms with Crippen LogP contribution in [-0.4, -0.2) is 5.11 Å². The Balaban J connectivity index is 2.01. The van der Waals surface area contributed by atoms with E-state index >= 15 is 0 Å². The Morgan fingerprint density at radius 2 is 1.35 bits per heavy atom. The molecule has 0 saturated heterocycles. The van der Waals surface area contributed by atoms with Crippen LogP contribution in [0.3, 0.4) is 0 Å². The monoisotopic (exact) mass is 306 g/mol. The fourth-order valence-corrected chi connectivity index (χ4v) is 4.58. The van der Waals surface area contributed by atoms with Crippen LogP contribution in [0.25, 0.3) is 11.1 Å². The summed E-state index contributed by atoms with van der Waals surface area (Å²) in [6.45, 7) is 4.24. The molecule has 0 amide bonds. The fraction of sp³-hybridized carbons (Fsp3) is 0.455. The van der Waals surface area contributed by atoms with E-state index in [1.165, 1.54) is 65.5 Å². The number of rotatable bonds is 1. The lowest BCUT2D eigenvalue weighted by atomic mass is 9.79. The highest BCUT2D eigenvalue weighted by atomic mass is 16.3. The maximum Gasteiger partial charge on any atom is 0.126 e. The highest BCUT2D eigenvalue weighted by molar-refractivity contribution is 5.80. The molecule has 2 aliphatic carbocycles. The molecule has 0 radical (unpaired) electrons. The first-order valence-electron chi connectivity index (χ1n) is 9.12. The number of aryl methyl sites for hydroxylation is 4. The van der Waals surface area contributed by atoms with Gasteiger partial charge in [-0.05, 0) is 98.6 Å². The van der Waals surface area contributed by atoms with Crippen molar-refractivity contribution in [3.63, 3.8) is 0 Å². The Morgan fingerprint density at radius 1 is 0.739 bits per heavy atom. The minimum atomic E-state index is 0.518. The second-order valence-electron chi connectivity index (χ2n) is 7.42. The van der Waals surface area contributed by atoms with E-state index in [0.717, 1.165) is 30.4 Å². The van der Waals surface area contributed by atoms with Crippen LogP contribution >= 0.6 is 0 Å². The van der Waals surface area contributed by atoms with Crippen LogP contribution in [0.1, 0.15) is 59.1 Å². The van der Waals surface area contributed by atoms with Gasteiger partial charge >= 0.3 is 0 Å². The number of phenolic OH excluding ortho intramolecular Hbond substituents is 1. The quantitative estimate of drug-likeness (QED) is 0.744. The summed E-state index contributed by atoms with van der Waals surface area (Å²) < 4.78 is 0. The highest BCUT2D eigenvalue weighted by Crippen LogP contribution is 2.43. The number of hydrogen-bond acceptors (Lipinski definition) is 1. The van der Waals surface area contributed by atoms with Gasteiger partial charge in [-0.2, -0.15) is 0 Å². The lowest BCUT2D eigenvalue weighted by Crippen LogP contribution is -2.09. The van der Waals surface area contributed by atoms with Crippen molar-refractivity contribution in [2.24, 2.45) is 0 Å². The molecular weight excluding hydrogens is 280 g/mol. The average molecular weight is 306 g/mol. The fourth-order valence-electron chi connectivity index (χ4n) is 4.58. The van der Waals surface area contributed by atoms with Crippen LogP contribution in [0, 0.1) is 13.8 Å². The Morgan fingerprint density at radius 3 is 2.09 bits per heavy atom.